The zero-order chi connectivity index (χ0) is 22.9. The van der Waals surface area contributed by atoms with Crippen LogP contribution in [0.4, 0.5) is 17.1 Å². The highest BCUT2D eigenvalue weighted by molar-refractivity contribution is 7.99. The number of nitrogen functional groups attached to an aromatic ring is 1. The van der Waals surface area contributed by atoms with Crippen molar-refractivity contribution in [1.82, 2.24) is 0 Å². The Hall–Kier alpha value is -3.32. The Balaban J connectivity index is 1.61. The first-order chi connectivity index (χ1) is 15.5. The van der Waals surface area contributed by atoms with Gasteiger partial charge < -0.3 is 25.8 Å². The number of hydrogen-bond donors (Lipinski definition) is 3. The number of anilines is 3. The van der Waals surface area contributed by atoms with Crippen molar-refractivity contribution in [3.8, 4) is 11.5 Å². The predicted octanol–water partition coefficient (Wildman–Crippen LogP) is 5.65. The van der Waals surface area contributed by atoms with Gasteiger partial charge in [0.1, 0.15) is 0 Å². The Morgan fingerprint density at radius 2 is 1.72 bits per heavy atom. The Bertz CT molecular complexity index is 1050. The molecule has 3 aromatic rings. The minimum Gasteiger partial charge on any atom is -0.493 e. The molecule has 0 saturated carbocycles. The van der Waals surface area contributed by atoms with Crippen LogP contribution in [0.1, 0.15) is 29.3 Å². The van der Waals surface area contributed by atoms with Crippen LogP contribution in [-0.4, -0.2) is 25.9 Å². The molecule has 7 heteroatoms. The molecular formula is C25H29N3O3S. The number of hydrogen-bond acceptors (Lipinski definition) is 6. The number of carbonyl (C=O) groups excluding carboxylic acids is 1. The fraction of sp³-hybridized carbons (Fsp3) is 0.240. The van der Waals surface area contributed by atoms with E-state index in [9.17, 15) is 4.79 Å². The lowest BCUT2D eigenvalue weighted by atomic mass is 10.1. The molecule has 32 heavy (non-hydrogen) atoms. The molecule has 6 nitrogen and oxygen atoms in total. The van der Waals surface area contributed by atoms with Gasteiger partial charge in [-0.1, -0.05) is 19.1 Å². The van der Waals surface area contributed by atoms with Crippen molar-refractivity contribution in [2.45, 2.75) is 24.8 Å². The first-order valence-electron chi connectivity index (χ1n) is 10.4. The topological polar surface area (TPSA) is 85.6 Å². The van der Waals surface area contributed by atoms with Crippen LogP contribution in [0, 0.1) is 0 Å². The molecule has 0 radical (unpaired) electrons. The summed E-state index contributed by atoms with van der Waals surface area (Å²) in [5.41, 5.74) is 9.78. The van der Waals surface area contributed by atoms with E-state index in [1.54, 1.807) is 26.0 Å². The molecule has 0 fully saturated rings. The molecule has 0 aliphatic rings. The molecule has 0 bridgehead atoms. The largest absolute Gasteiger partial charge is 0.493 e. The monoisotopic (exact) mass is 451 g/mol. The molecule has 1 amide bonds. The van der Waals surface area contributed by atoms with Gasteiger partial charge in [-0.05, 0) is 60.2 Å². The predicted molar refractivity (Wildman–Crippen MR) is 133 cm³/mol. The fourth-order valence-corrected chi connectivity index (χ4v) is 3.88. The van der Waals surface area contributed by atoms with Crippen molar-refractivity contribution in [2.75, 3.05) is 36.3 Å². The third-order valence-electron chi connectivity index (χ3n) is 4.84. The molecule has 0 aliphatic carbocycles. The number of benzene rings is 3. The van der Waals surface area contributed by atoms with Crippen LogP contribution in [0.25, 0.3) is 0 Å². The average Bonchev–Trinajstić information content (AvgIpc) is 2.83. The van der Waals surface area contributed by atoms with Gasteiger partial charge in [0, 0.05) is 28.8 Å². The summed E-state index contributed by atoms with van der Waals surface area (Å²) in [6, 6.07) is 18.9. The number of thioether (sulfide) groups is 1. The lowest BCUT2D eigenvalue weighted by Gasteiger charge is -2.12. The quantitative estimate of drug-likeness (QED) is 0.273. The van der Waals surface area contributed by atoms with Crippen LogP contribution in [-0.2, 0) is 6.54 Å². The highest BCUT2D eigenvalue weighted by Gasteiger charge is 2.10. The molecule has 0 aliphatic heterocycles. The summed E-state index contributed by atoms with van der Waals surface area (Å²) in [6.45, 7) is 2.75. The summed E-state index contributed by atoms with van der Waals surface area (Å²) in [4.78, 5) is 13.8. The van der Waals surface area contributed by atoms with Gasteiger partial charge in [0.25, 0.3) is 5.91 Å². The van der Waals surface area contributed by atoms with E-state index in [-0.39, 0.29) is 5.91 Å². The summed E-state index contributed by atoms with van der Waals surface area (Å²) in [7, 11) is 3.22. The molecule has 0 heterocycles. The van der Waals surface area contributed by atoms with Gasteiger partial charge in [-0.3, -0.25) is 4.79 Å². The zero-order valence-corrected chi connectivity index (χ0v) is 19.4. The van der Waals surface area contributed by atoms with Crippen LogP contribution in [0.2, 0.25) is 0 Å². The Kier molecular flexibility index (Phi) is 8.27. The maximum absolute atomic E-state index is 12.7. The van der Waals surface area contributed by atoms with E-state index in [0.717, 1.165) is 28.3 Å². The number of ether oxygens (including phenoxy) is 2. The van der Waals surface area contributed by atoms with Crippen molar-refractivity contribution in [2.24, 2.45) is 0 Å². The normalized spacial score (nSPS) is 10.5. The van der Waals surface area contributed by atoms with Gasteiger partial charge >= 0.3 is 0 Å². The van der Waals surface area contributed by atoms with Gasteiger partial charge in [0.15, 0.2) is 11.5 Å². The van der Waals surface area contributed by atoms with E-state index in [2.05, 4.69) is 17.6 Å². The molecule has 168 valence electrons. The third-order valence-corrected chi connectivity index (χ3v) is 6.04. The van der Waals surface area contributed by atoms with Gasteiger partial charge in [0.2, 0.25) is 0 Å². The first kappa shape index (κ1) is 23.3. The maximum atomic E-state index is 12.7. The van der Waals surface area contributed by atoms with Crippen LogP contribution in [0.5, 0.6) is 11.5 Å². The first-order valence-corrected chi connectivity index (χ1v) is 11.4. The molecular weight excluding hydrogens is 422 g/mol. The summed E-state index contributed by atoms with van der Waals surface area (Å²) in [6.07, 6.45) is 1.09. The van der Waals surface area contributed by atoms with E-state index in [0.29, 0.717) is 35.0 Å². The van der Waals surface area contributed by atoms with Crippen LogP contribution in [0.15, 0.2) is 65.6 Å². The molecule has 4 N–H and O–H groups in total. The SMILES string of the molecule is CCCSc1ccc(N)c(NC(=O)c2ccc(CNc3ccc(OC)c(OC)c3)cc2)c1. The molecule has 3 rings (SSSR count). The van der Waals surface area contributed by atoms with Crippen molar-refractivity contribution in [1.29, 1.82) is 0 Å². The minimum atomic E-state index is -0.186. The van der Waals surface area contributed by atoms with Crippen molar-refractivity contribution in [3.05, 3.63) is 71.8 Å². The molecule has 0 saturated heterocycles. The van der Waals surface area contributed by atoms with Crippen molar-refractivity contribution in [3.63, 3.8) is 0 Å². The van der Waals surface area contributed by atoms with Crippen molar-refractivity contribution < 1.29 is 14.3 Å². The molecule has 0 spiro atoms. The summed E-state index contributed by atoms with van der Waals surface area (Å²) < 4.78 is 10.6. The minimum absolute atomic E-state index is 0.186. The van der Waals surface area contributed by atoms with Crippen LogP contribution in [0.3, 0.4) is 0 Å². The smallest absolute Gasteiger partial charge is 0.255 e. The zero-order valence-electron chi connectivity index (χ0n) is 18.6. The van der Waals surface area contributed by atoms with Gasteiger partial charge in [-0.15, -0.1) is 11.8 Å². The number of nitrogens with two attached hydrogens (primary N) is 1. The summed E-state index contributed by atoms with van der Waals surface area (Å²) >= 11 is 1.75. The average molecular weight is 452 g/mol. The number of nitrogens with one attached hydrogen (secondary N) is 2. The summed E-state index contributed by atoms with van der Waals surface area (Å²) in [5, 5.41) is 6.28. The van der Waals surface area contributed by atoms with E-state index in [1.807, 2.05) is 60.7 Å². The third kappa shape index (κ3) is 6.11. The van der Waals surface area contributed by atoms with E-state index in [1.165, 1.54) is 0 Å². The number of methoxy groups -OCH3 is 2. The van der Waals surface area contributed by atoms with E-state index >= 15 is 0 Å². The molecule has 0 atom stereocenters. The Morgan fingerprint density at radius 3 is 2.41 bits per heavy atom. The Morgan fingerprint density at radius 1 is 0.969 bits per heavy atom. The number of rotatable bonds is 10. The van der Waals surface area contributed by atoms with Gasteiger partial charge in [0.05, 0.1) is 25.6 Å². The second-order valence-electron chi connectivity index (χ2n) is 7.17. The molecule has 0 unspecified atom stereocenters. The number of carbonyl (C=O) groups is 1. The highest BCUT2D eigenvalue weighted by atomic mass is 32.2. The van der Waals surface area contributed by atoms with Gasteiger partial charge in [-0.2, -0.15) is 0 Å². The Labute approximate surface area is 193 Å². The molecule has 0 aromatic heterocycles. The van der Waals surface area contributed by atoms with Crippen LogP contribution >= 0.6 is 11.8 Å². The maximum Gasteiger partial charge on any atom is 0.255 e. The molecule has 3 aromatic carbocycles. The fourth-order valence-electron chi connectivity index (χ4n) is 3.07. The van der Waals surface area contributed by atoms with Crippen LogP contribution < -0.4 is 25.8 Å². The van der Waals surface area contributed by atoms with E-state index < -0.39 is 0 Å². The second-order valence-corrected chi connectivity index (χ2v) is 8.34. The van der Waals surface area contributed by atoms with Gasteiger partial charge in [-0.25, -0.2) is 0 Å². The lowest BCUT2D eigenvalue weighted by molar-refractivity contribution is 0.102. The number of amides is 1. The van der Waals surface area contributed by atoms with Crippen molar-refractivity contribution >= 4 is 34.7 Å². The highest BCUT2D eigenvalue weighted by Crippen LogP contribution is 2.30. The summed E-state index contributed by atoms with van der Waals surface area (Å²) in [5.74, 6) is 2.19. The second kappa shape index (κ2) is 11.3. The standard InChI is InChI=1S/C25H29N3O3S/c1-4-13-32-20-10-11-21(26)22(15-20)28-25(29)18-7-5-17(6-8-18)16-27-19-9-12-23(30-2)24(14-19)31-3/h5-12,14-15,27H,4,13,16,26H2,1-3H3,(H,28,29). The lowest BCUT2D eigenvalue weighted by Crippen LogP contribution is -2.13. The van der Waals surface area contributed by atoms with E-state index in [4.69, 9.17) is 15.2 Å².